The smallest absolute Gasteiger partial charge is 0.416 e. The molecule has 0 radical (unpaired) electrons. The molecule has 35 heavy (non-hydrogen) atoms. The summed E-state index contributed by atoms with van der Waals surface area (Å²) in [5, 5.41) is 12.7. The Hall–Kier alpha value is -3.49. The van der Waals surface area contributed by atoms with Crippen molar-refractivity contribution in [1.82, 2.24) is 0 Å². The van der Waals surface area contributed by atoms with Crippen molar-refractivity contribution >= 4 is 17.3 Å². The lowest BCUT2D eigenvalue weighted by molar-refractivity contribution is -0.139. The van der Waals surface area contributed by atoms with Crippen LogP contribution in [-0.4, -0.2) is 11.1 Å². The number of benzene rings is 3. The number of alkyl halides is 6. The van der Waals surface area contributed by atoms with Gasteiger partial charge in [-0.05, 0) is 71.5 Å². The zero-order chi connectivity index (χ0) is 26.0. The van der Waals surface area contributed by atoms with Crippen molar-refractivity contribution in [2.45, 2.75) is 38.5 Å². The molecule has 0 fully saturated rings. The van der Waals surface area contributed by atoms with Crippen molar-refractivity contribution in [3.63, 3.8) is 0 Å². The zero-order valence-corrected chi connectivity index (χ0v) is 18.8. The van der Waals surface area contributed by atoms with Crippen LogP contribution in [0.4, 0.5) is 37.7 Å². The summed E-state index contributed by atoms with van der Waals surface area (Å²) in [5.41, 5.74) is -0.0232. The Morgan fingerprint density at radius 2 is 1.43 bits per heavy atom. The fraction of sp³-hybridized carbons (Fsp3) is 0.269. The first-order chi connectivity index (χ1) is 16.2. The summed E-state index contributed by atoms with van der Waals surface area (Å²) in [6.07, 6.45) is -8.76. The molecular formula is C26H23F6NO2. The van der Waals surface area contributed by atoms with Gasteiger partial charge in [0.1, 0.15) is 0 Å². The third-order valence-electron chi connectivity index (χ3n) is 5.39. The molecular weight excluding hydrogens is 472 g/mol. The number of carboxylic acid groups (broad SMARTS) is 1. The van der Waals surface area contributed by atoms with Crippen LogP contribution in [-0.2, 0) is 17.1 Å². The molecule has 1 atom stereocenters. The SMILES string of the molecule is CC(C)CC(C(=O)O)c1cc(Nc2cccc(C(F)(F)F)c2)cc(-c2ccc(C(F)(F)F)cc2)c1. The molecule has 0 aromatic heterocycles. The van der Waals surface area contributed by atoms with Crippen molar-refractivity contribution in [1.29, 1.82) is 0 Å². The van der Waals surface area contributed by atoms with E-state index in [1.165, 1.54) is 30.3 Å². The van der Waals surface area contributed by atoms with Crippen LogP contribution in [0.2, 0.25) is 0 Å². The number of carboxylic acids is 1. The lowest BCUT2D eigenvalue weighted by Crippen LogP contribution is -2.14. The van der Waals surface area contributed by atoms with Gasteiger partial charge < -0.3 is 10.4 Å². The monoisotopic (exact) mass is 495 g/mol. The molecule has 0 spiro atoms. The van der Waals surface area contributed by atoms with Gasteiger partial charge in [-0.2, -0.15) is 26.3 Å². The van der Waals surface area contributed by atoms with Gasteiger partial charge in [-0.15, -0.1) is 0 Å². The van der Waals surface area contributed by atoms with Gasteiger partial charge in [0.25, 0.3) is 0 Å². The second-order valence-corrected chi connectivity index (χ2v) is 8.64. The van der Waals surface area contributed by atoms with E-state index in [1.807, 2.05) is 13.8 Å². The molecule has 0 saturated heterocycles. The number of rotatable bonds is 7. The highest BCUT2D eigenvalue weighted by Gasteiger charge is 2.31. The minimum Gasteiger partial charge on any atom is -0.481 e. The van der Waals surface area contributed by atoms with E-state index < -0.39 is 35.4 Å². The largest absolute Gasteiger partial charge is 0.481 e. The summed E-state index contributed by atoms with van der Waals surface area (Å²) in [6, 6.07) is 13.6. The van der Waals surface area contributed by atoms with E-state index in [9.17, 15) is 36.2 Å². The second-order valence-electron chi connectivity index (χ2n) is 8.64. The quantitative estimate of drug-likeness (QED) is 0.324. The molecule has 2 N–H and O–H groups in total. The number of halogens is 6. The molecule has 0 heterocycles. The van der Waals surface area contributed by atoms with Crippen LogP contribution in [0.1, 0.15) is 42.9 Å². The first-order valence-electron chi connectivity index (χ1n) is 10.7. The van der Waals surface area contributed by atoms with E-state index in [0.29, 0.717) is 28.8 Å². The van der Waals surface area contributed by atoms with E-state index in [2.05, 4.69) is 5.32 Å². The van der Waals surface area contributed by atoms with E-state index in [-0.39, 0.29) is 11.6 Å². The second kappa shape index (κ2) is 10.0. The Balaban J connectivity index is 2.09. The van der Waals surface area contributed by atoms with Gasteiger partial charge in [0, 0.05) is 11.4 Å². The van der Waals surface area contributed by atoms with Crippen molar-refractivity contribution in [3.8, 4) is 11.1 Å². The first-order valence-corrected chi connectivity index (χ1v) is 10.7. The Morgan fingerprint density at radius 3 is 1.97 bits per heavy atom. The molecule has 1 unspecified atom stereocenters. The molecule has 3 rings (SSSR count). The molecule has 3 aromatic carbocycles. The molecule has 0 bridgehead atoms. The molecule has 0 saturated carbocycles. The maximum absolute atomic E-state index is 13.1. The molecule has 3 aromatic rings. The first kappa shape index (κ1) is 26.1. The molecule has 0 aliphatic carbocycles. The van der Waals surface area contributed by atoms with Crippen LogP contribution in [0.5, 0.6) is 0 Å². The Labute approximate surface area is 198 Å². The summed E-state index contributed by atoms with van der Waals surface area (Å²) < 4.78 is 78.3. The third-order valence-corrected chi connectivity index (χ3v) is 5.39. The number of anilines is 2. The maximum atomic E-state index is 13.1. The lowest BCUT2D eigenvalue weighted by Gasteiger charge is -2.19. The Kier molecular flexibility index (Phi) is 7.47. The third kappa shape index (κ3) is 6.77. The lowest BCUT2D eigenvalue weighted by atomic mass is 9.88. The molecule has 9 heteroatoms. The molecule has 186 valence electrons. The number of hydrogen-bond donors (Lipinski definition) is 2. The minimum absolute atomic E-state index is 0.0331. The van der Waals surface area contributed by atoms with Gasteiger partial charge >= 0.3 is 18.3 Å². The average molecular weight is 495 g/mol. The number of nitrogens with one attached hydrogen (secondary N) is 1. The molecule has 3 nitrogen and oxygen atoms in total. The maximum Gasteiger partial charge on any atom is 0.416 e. The minimum atomic E-state index is -4.55. The number of carbonyl (C=O) groups is 1. The fourth-order valence-corrected chi connectivity index (χ4v) is 3.73. The molecule has 0 aliphatic heterocycles. The van der Waals surface area contributed by atoms with Crippen LogP contribution in [0.25, 0.3) is 11.1 Å². The highest BCUT2D eigenvalue weighted by atomic mass is 19.4. The van der Waals surface area contributed by atoms with E-state index in [4.69, 9.17) is 0 Å². The van der Waals surface area contributed by atoms with Gasteiger partial charge in [-0.1, -0.05) is 38.1 Å². The van der Waals surface area contributed by atoms with Crippen LogP contribution in [0.15, 0.2) is 66.7 Å². The predicted octanol–water partition coefficient (Wildman–Crippen LogP) is 8.35. The van der Waals surface area contributed by atoms with Crippen molar-refractivity contribution in [2.75, 3.05) is 5.32 Å². The normalized spacial score (nSPS) is 13.1. The summed E-state index contributed by atoms with van der Waals surface area (Å²) in [4.78, 5) is 12.0. The van der Waals surface area contributed by atoms with Crippen LogP contribution in [0.3, 0.4) is 0 Å². The Bertz CT molecular complexity index is 1180. The predicted molar refractivity (Wildman–Crippen MR) is 121 cm³/mol. The van der Waals surface area contributed by atoms with Gasteiger partial charge in [-0.3, -0.25) is 4.79 Å². The van der Waals surface area contributed by atoms with E-state index in [0.717, 1.165) is 24.3 Å². The highest BCUT2D eigenvalue weighted by Crippen LogP contribution is 2.36. The fourth-order valence-electron chi connectivity index (χ4n) is 3.73. The van der Waals surface area contributed by atoms with Crippen LogP contribution in [0, 0.1) is 5.92 Å². The van der Waals surface area contributed by atoms with Crippen molar-refractivity contribution < 1.29 is 36.2 Å². The molecule has 0 amide bonds. The van der Waals surface area contributed by atoms with Gasteiger partial charge in [0.15, 0.2) is 0 Å². The number of hydrogen-bond acceptors (Lipinski definition) is 2. The highest BCUT2D eigenvalue weighted by molar-refractivity contribution is 5.80. The summed E-state index contributed by atoms with van der Waals surface area (Å²) in [6.45, 7) is 3.72. The van der Waals surface area contributed by atoms with Gasteiger partial charge in [0.2, 0.25) is 0 Å². The molecule has 0 aliphatic rings. The van der Waals surface area contributed by atoms with Crippen LogP contribution < -0.4 is 5.32 Å². The number of aliphatic carboxylic acids is 1. The topological polar surface area (TPSA) is 49.3 Å². The zero-order valence-electron chi connectivity index (χ0n) is 18.8. The Morgan fingerprint density at radius 1 is 0.800 bits per heavy atom. The summed E-state index contributed by atoms with van der Waals surface area (Å²) in [7, 11) is 0. The van der Waals surface area contributed by atoms with Gasteiger partial charge in [0.05, 0.1) is 17.0 Å². The van der Waals surface area contributed by atoms with Crippen LogP contribution >= 0.6 is 0 Å². The summed E-state index contributed by atoms with van der Waals surface area (Å²) in [5.74, 6) is -1.95. The van der Waals surface area contributed by atoms with E-state index >= 15 is 0 Å². The average Bonchev–Trinajstić information content (AvgIpc) is 2.76. The van der Waals surface area contributed by atoms with Gasteiger partial charge in [-0.25, -0.2) is 0 Å². The van der Waals surface area contributed by atoms with Crippen molar-refractivity contribution in [3.05, 3.63) is 83.4 Å². The van der Waals surface area contributed by atoms with E-state index in [1.54, 1.807) is 12.1 Å². The summed E-state index contributed by atoms with van der Waals surface area (Å²) >= 11 is 0. The van der Waals surface area contributed by atoms with Crippen molar-refractivity contribution in [2.24, 2.45) is 5.92 Å². The standard InChI is InChI=1S/C26H23F6NO2/c1-15(2)10-23(24(34)35)18-11-17(16-6-8-19(9-7-16)25(27,28)29)12-22(13-18)33-21-5-3-4-20(14-21)26(30,31)32/h3-9,11-15,23,33H,10H2,1-2H3,(H,34,35).